The van der Waals surface area contributed by atoms with Crippen LogP contribution in [-0.4, -0.2) is 34.0 Å². The molecule has 1 aromatic heterocycles. The molecule has 4 rings (SSSR count). The van der Waals surface area contributed by atoms with E-state index in [1.54, 1.807) is 0 Å². The Balaban J connectivity index is 1.56. The van der Waals surface area contributed by atoms with Crippen LogP contribution in [0.25, 0.3) is 11.0 Å². The molecular formula is C17H24N4. The summed E-state index contributed by atoms with van der Waals surface area (Å²) in [5, 5.41) is 0. The van der Waals surface area contributed by atoms with Crippen LogP contribution in [0.1, 0.15) is 29.8 Å². The quantitative estimate of drug-likeness (QED) is 0.890. The van der Waals surface area contributed by atoms with Crippen LogP contribution in [0.5, 0.6) is 0 Å². The minimum absolute atomic E-state index is 0.432. The van der Waals surface area contributed by atoms with Crippen LogP contribution in [0, 0.1) is 25.7 Å². The summed E-state index contributed by atoms with van der Waals surface area (Å²) in [6, 6.07) is 4.74. The number of H-pyrrole nitrogens is 1. The first-order chi connectivity index (χ1) is 10.1. The van der Waals surface area contributed by atoms with Gasteiger partial charge in [-0.25, -0.2) is 4.98 Å². The summed E-state index contributed by atoms with van der Waals surface area (Å²) in [5.41, 5.74) is 11.2. The smallest absolute Gasteiger partial charge is 0.121 e. The van der Waals surface area contributed by atoms with Gasteiger partial charge in [-0.3, -0.25) is 4.90 Å². The van der Waals surface area contributed by atoms with Crippen molar-refractivity contribution in [2.75, 3.05) is 13.1 Å². The Morgan fingerprint density at radius 3 is 2.67 bits per heavy atom. The second-order valence-electron chi connectivity index (χ2n) is 6.96. The molecule has 3 N–H and O–H groups in total. The van der Waals surface area contributed by atoms with Crippen LogP contribution in [0.3, 0.4) is 0 Å². The average molecular weight is 284 g/mol. The molecule has 0 spiro atoms. The van der Waals surface area contributed by atoms with Crippen molar-refractivity contribution < 1.29 is 0 Å². The molecule has 112 valence electrons. The maximum atomic E-state index is 6.29. The SMILES string of the molecule is Cc1ccc2[nH]c(CN3C[C@H]4CC[C@@H](C3)C4N)nc2c1C. The topological polar surface area (TPSA) is 57.9 Å². The van der Waals surface area contributed by atoms with Gasteiger partial charge in [-0.15, -0.1) is 0 Å². The zero-order valence-corrected chi connectivity index (χ0v) is 12.9. The fraction of sp³-hybridized carbons (Fsp3) is 0.588. The fourth-order valence-corrected chi connectivity index (χ4v) is 4.14. The molecule has 1 saturated carbocycles. The van der Waals surface area contributed by atoms with Gasteiger partial charge in [-0.2, -0.15) is 0 Å². The maximum Gasteiger partial charge on any atom is 0.121 e. The lowest BCUT2D eigenvalue weighted by molar-refractivity contribution is 0.138. The number of nitrogens with one attached hydrogen (secondary N) is 1. The molecule has 2 aliphatic rings. The van der Waals surface area contributed by atoms with Crippen LogP contribution in [-0.2, 0) is 6.54 Å². The monoisotopic (exact) mass is 284 g/mol. The number of aryl methyl sites for hydroxylation is 2. The third-order valence-electron chi connectivity index (χ3n) is 5.58. The van der Waals surface area contributed by atoms with Crippen molar-refractivity contribution in [1.82, 2.24) is 14.9 Å². The van der Waals surface area contributed by atoms with Gasteiger partial charge in [0.25, 0.3) is 0 Å². The molecule has 1 aliphatic carbocycles. The van der Waals surface area contributed by atoms with Gasteiger partial charge in [-0.1, -0.05) is 6.07 Å². The first-order valence-corrected chi connectivity index (χ1v) is 8.04. The molecule has 1 unspecified atom stereocenters. The van der Waals surface area contributed by atoms with E-state index in [2.05, 4.69) is 35.9 Å². The molecule has 2 heterocycles. The number of hydrogen-bond acceptors (Lipinski definition) is 3. The number of fused-ring (bicyclic) bond motifs is 3. The lowest BCUT2D eigenvalue weighted by atomic mass is 9.93. The van der Waals surface area contributed by atoms with Crippen LogP contribution in [0.15, 0.2) is 12.1 Å². The van der Waals surface area contributed by atoms with Crippen molar-refractivity contribution >= 4 is 11.0 Å². The Bertz CT molecular complexity index is 661. The molecule has 1 aliphatic heterocycles. The van der Waals surface area contributed by atoms with Gasteiger partial charge in [0.15, 0.2) is 0 Å². The van der Waals surface area contributed by atoms with Gasteiger partial charge in [0, 0.05) is 19.1 Å². The van der Waals surface area contributed by atoms with E-state index in [0.717, 1.165) is 36.5 Å². The van der Waals surface area contributed by atoms with Gasteiger partial charge in [0.2, 0.25) is 0 Å². The molecule has 3 atom stereocenters. The second kappa shape index (κ2) is 4.82. The van der Waals surface area contributed by atoms with Crippen molar-refractivity contribution in [1.29, 1.82) is 0 Å². The molecule has 1 aromatic carbocycles. The zero-order chi connectivity index (χ0) is 14.6. The van der Waals surface area contributed by atoms with E-state index in [0.29, 0.717) is 17.9 Å². The van der Waals surface area contributed by atoms with E-state index < -0.39 is 0 Å². The average Bonchev–Trinajstić information content (AvgIpc) is 2.93. The van der Waals surface area contributed by atoms with Crippen LogP contribution in [0.4, 0.5) is 0 Å². The van der Waals surface area contributed by atoms with E-state index in [1.807, 2.05) is 0 Å². The summed E-state index contributed by atoms with van der Waals surface area (Å²) in [4.78, 5) is 10.8. The largest absolute Gasteiger partial charge is 0.341 e. The Morgan fingerprint density at radius 2 is 1.95 bits per heavy atom. The van der Waals surface area contributed by atoms with E-state index in [4.69, 9.17) is 10.7 Å². The van der Waals surface area contributed by atoms with E-state index in [1.165, 1.54) is 24.0 Å². The van der Waals surface area contributed by atoms with Gasteiger partial charge in [0.1, 0.15) is 5.82 Å². The van der Waals surface area contributed by atoms with Crippen molar-refractivity contribution in [3.8, 4) is 0 Å². The molecule has 0 amide bonds. The Labute approximate surface area is 125 Å². The molecule has 4 nitrogen and oxygen atoms in total. The first kappa shape index (κ1) is 13.3. The van der Waals surface area contributed by atoms with Gasteiger partial charge in [0.05, 0.1) is 17.6 Å². The highest BCUT2D eigenvalue weighted by Gasteiger charge is 2.39. The summed E-state index contributed by atoms with van der Waals surface area (Å²) >= 11 is 0. The van der Waals surface area contributed by atoms with Gasteiger partial charge >= 0.3 is 0 Å². The highest BCUT2D eigenvalue weighted by molar-refractivity contribution is 5.79. The van der Waals surface area contributed by atoms with Crippen LogP contribution in [0.2, 0.25) is 0 Å². The fourth-order valence-electron chi connectivity index (χ4n) is 4.14. The molecule has 2 fully saturated rings. The third-order valence-corrected chi connectivity index (χ3v) is 5.58. The number of piperidine rings is 1. The standard InChI is InChI=1S/C17H24N4/c1-10-3-6-14-17(11(10)2)20-15(19-14)9-21-7-12-4-5-13(8-21)16(12)18/h3,6,12-13,16H,4-5,7-9,18H2,1-2H3,(H,19,20)/t12-,13+,16?. The van der Waals surface area contributed by atoms with Crippen LogP contribution < -0.4 is 5.73 Å². The normalized spacial score (nSPS) is 29.4. The predicted octanol–water partition coefficient (Wildman–Crippen LogP) is 2.35. The number of aromatic amines is 1. The van der Waals surface area contributed by atoms with E-state index in [9.17, 15) is 0 Å². The Morgan fingerprint density at radius 1 is 1.24 bits per heavy atom. The van der Waals surface area contributed by atoms with Crippen molar-refractivity contribution in [3.05, 3.63) is 29.1 Å². The van der Waals surface area contributed by atoms with Crippen molar-refractivity contribution in [3.63, 3.8) is 0 Å². The molecule has 2 aromatic rings. The van der Waals surface area contributed by atoms with Gasteiger partial charge in [-0.05, 0) is 55.7 Å². The van der Waals surface area contributed by atoms with E-state index >= 15 is 0 Å². The lowest BCUT2D eigenvalue weighted by Gasteiger charge is -2.35. The number of rotatable bonds is 2. The van der Waals surface area contributed by atoms with Gasteiger partial charge < -0.3 is 10.7 Å². The minimum Gasteiger partial charge on any atom is -0.341 e. The number of hydrogen-bond donors (Lipinski definition) is 2. The highest BCUT2D eigenvalue weighted by atomic mass is 15.2. The van der Waals surface area contributed by atoms with Crippen molar-refractivity contribution in [2.45, 2.75) is 39.3 Å². The molecule has 2 bridgehead atoms. The number of nitrogens with two attached hydrogens (primary N) is 1. The predicted molar refractivity (Wildman–Crippen MR) is 85.0 cm³/mol. The molecular weight excluding hydrogens is 260 g/mol. The summed E-state index contributed by atoms with van der Waals surface area (Å²) in [6.45, 7) is 7.49. The number of imidazole rings is 1. The molecule has 4 heteroatoms. The maximum absolute atomic E-state index is 6.29. The number of likely N-dealkylation sites (tertiary alicyclic amines) is 1. The molecule has 1 saturated heterocycles. The minimum atomic E-state index is 0.432. The van der Waals surface area contributed by atoms with Crippen LogP contribution >= 0.6 is 0 Å². The highest BCUT2D eigenvalue weighted by Crippen LogP contribution is 2.36. The zero-order valence-electron chi connectivity index (χ0n) is 12.9. The second-order valence-corrected chi connectivity index (χ2v) is 6.96. The first-order valence-electron chi connectivity index (χ1n) is 8.04. The molecule has 21 heavy (non-hydrogen) atoms. The Kier molecular flexibility index (Phi) is 3.05. The summed E-state index contributed by atoms with van der Waals surface area (Å²) in [7, 11) is 0. The summed E-state index contributed by atoms with van der Waals surface area (Å²) in [5.74, 6) is 2.47. The number of benzene rings is 1. The Hall–Kier alpha value is -1.39. The number of nitrogens with zero attached hydrogens (tertiary/aromatic N) is 2. The van der Waals surface area contributed by atoms with Crippen molar-refractivity contribution in [2.24, 2.45) is 17.6 Å². The summed E-state index contributed by atoms with van der Waals surface area (Å²) in [6.07, 6.45) is 2.61. The third kappa shape index (κ3) is 2.17. The van der Waals surface area contributed by atoms with E-state index in [-0.39, 0.29) is 0 Å². The lowest BCUT2D eigenvalue weighted by Crippen LogP contribution is -2.48. The number of aromatic nitrogens is 2. The summed E-state index contributed by atoms with van der Waals surface area (Å²) < 4.78 is 0. The molecule has 0 radical (unpaired) electrons.